The van der Waals surface area contributed by atoms with E-state index < -0.39 is 0 Å². The van der Waals surface area contributed by atoms with Crippen LogP contribution in [0.25, 0.3) is 0 Å². The van der Waals surface area contributed by atoms with Gasteiger partial charge in [0.15, 0.2) is 22.5 Å². The summed E-state index contributed by atoms with van der Waals surface area (Å²) in [6, 6.07) is 13.5. The topological polar surface area (TPSA) is 78.3 Å². The fourth-order valence-corrected chi connectivity index (χ4v) is 4.06. The summed E-state index contributed by atoms with van der Waals surface area (Å²) >= 11 is 1.37. The maximum Gasteiger partial charge on any atom is 0.234 e. The first-order valence-electron chi connectivity index (χ1n) is 10.3. The van der Waals surface area contributed by atoms with E-state index in [-0.39, 0.29) is 18.3 Å². The molecule has 0 aliphatic heterocycles. The van der Waals surface area contributed by atoms with E-state index in [1.54, 1.807) is 7.11 Å². The van der Waals surface area contributed by atoms with Crippen LogP contribution >= 0.6 is 11.8 Å². The number of methoxy groups -OCH3 is 1. The minimum atomic E-state index is -0.0634. The monoisotopic (exact) mass is 440 g/mol. The Morgan fingerprint density at radius 1 is 1.10 bits per heavy atom. The third-order valence-electron chi connectivity index (χ3n) is 4.87. The second-order valence-corrected chi connectivity index (χ2v) is 7.82. The van der Waals surface area contributed by atoms with Crippen molar-refractivity contribution in [3.05, 3.63) is 59.4 Å². The third kappa shape index (κ3) is 5.58. The van der Waals surface area contributed by atoms with Gasteiger partial charge in [-0.2, -0.15) is 0 Å². The molecule has 0 unspecified atom stereocenters. The minimum absolute atomic E-state index is 0.0634. The number of benzene rings is 2. The van der Waals surface area contributed by atoms with E-state index in [4.69, 9.17) is 9.47 Å². The van der Waals surface area contributed by atoms with Gasteiger partial charge in [-0.05, 0) is 43.5 Å². The first kappa shape index (κ1) is 22.7. The van der Waals surface area contributed by atoms with Crippen LogP contribution in [-0.4, -0.2) is 33.5 Å². The van der Waals surface area contributed by atoms with E-state index >= 15 is 0 Å². The molecule has 7 nitrogen and oxygen atoms in total. The van der Waals surface area contributed by atoms with Crippen LogP contribution in [-0.2, 0) is 24.4 Å². The average Bonchev–Trinajstić information content (AvgIpc) is 3.19. The number of anilines is 1. The number of thioether (sulfide) groups is 1. The van der Waals surface area contributed by atoms with Gasteiger partial charge in [-0.3, -0.25) is 4.79 Å². The zero-order chi connectivity index (χ0) is 22.2. The average molecular weight is 441 g/mol. The number of amides is 1. The number of carbonyl (C=O) groups excluding carboxylic acids is 1. The van der Waals surface area contributed by atoms with Gasteiger partial charge < -0.3 is 19.4 Å². The molecule has 2 aromatic carbocycles. The highest BCUT2D eigenvalue weighted by molar-refractivity contribution is 7.99. The molecule has 0 aliphatic rings. The van der Waals surface area contributed by atoms with Gasteiger partial charge in [0.25, 0.3) is 0 Å². The second-order valence-electron chi connectivity index (χ2n) is 6.88. The summed E-state index contributed by atoms with van der Waals surface area (Å²) in [5.41, 5.74) is 3.09. The van der Waals surface area contributed by atoms with Crippen molar-refractivity contribution in [2.45, 2.75) is 45.5 Å². The van der Waals surface area contributed by atoms with Crippen molar-refractivity contribution in [1.29, 1.82) is 0 Å². The molecule has 0 spiro atoms. The van der Waals surface area contributed by atoms with E-state index in [1.807, 2.05) is 60.9 Å². The molecule has 0 radical (unpaired) electrons. The van der Waals surface area contributed by atoms with Crippen molar-refractivity contribution in [2.75, 3.05) is 18.2 Å². The Kier molecular flexibility index (Phi) is 7.94. The number of carbonyl (C=O) groups is 1. The van der Waals surface area contributed by atoms with Gasteiger partial charge in [-0.1, -0.05) is 49.0 Å². The number of hydrogen-bond acceptors (Lipinski definition) is 6. The van der Waals surface area contributed by atoms with Crippen LogP contribution in [0.5, 0.6) is 11.5 Å². The summed E-state index contributed by atoms with van der Waals surface area (Å²) in [5.74, 6) is 2.20. The molecular formula is C23H28N4O3S. The van der Waals surface area contributed by atoms with Gasteiger partial charge in [0.05, 0.1) is 12.9 Å². The number of nitrogens with one attached hydrogen (secondary N) is 1. The Morgan fingerprint density at radius 3 is 2.58 bits per heavy atom. The van der Waals surface area contributed by atoms with Crippen LogP contribution < -0.4 is 14.8 Å². The zero-order valence-corrected chi connectivity index (χ0v) is 19.2. The zero-order valence-electron chi connectivity index (χ0n) is 18.3. The number of hydrogen-bond donors (Lipinski definition) is 1. The SMILES string of the molecule is CCc1cccc(C)c1NC(=O)CSc1nnc(COc2ccccc2OC)n1CC. The number of aryl methyl sites for hydroxylation is 2. The van der Waals surface area contributed by atoms with Crippen LogP contribution in [0.3, 0.4) is 0 Å². The summed E-state index contributed by atoms with van der Waals surface area (Å²) in [7, 11) is 1.61. The molecular weight excluding hydrogens is 412 g/mol. The highest BCUT2D eigenvalue weighted by Crippen LogP contribution is 2.27. The van der Waals surface area contributed by atoms with Crippen LogP contribution in [0.1, 0.15) is 30.8 Å². The number of para-hydroxylation sites is 3. The van der Waals surface area contributed by atoms with Crippen molar-refractivity contribution in [3.63, 3.8) is 0 Å². The van der Waals surface area contributed by atoms with Gasteiger partial charge in [-0.15, -0.1) is 10.2 Å². The third-order valence-corrected chi connectivity index (χ3v) is 5.84. The molecule has 0 bridgehead atoms. The molecule has 0 fully saturated rings. The first-order chi connectivity index (χ1) is 15.1. The summed E-state index contributed by atoms with van der Waals surface area (Å²) in [6.07, 6.45) is 0.865. The molecule has 0 atom stereocenters. The number of nitrogens with zero attached hydrogens (tertiary/aromatic N) is 3. The number of ether oxygens (including phenoxy) is 2. The van der Waals surface area contributed by atoms with E-state index in [0.717, 1.165) is 23.2 Å². The lowest BCUT2D eigenvalue weighted by Crippen LogP contribution is -2.17. The Bertz CT molecular complexity index is 1040. The molecule has 31 heavy (non-hydrogen) atoms. The molecule has 1 N–H and O–H groups in total. The highest BCUT2D eigenvalue weighted by Gasteiger charge is 2.15. The lowest BCUT2D eigenvalue weighted by Gasteiger charge is -2.13. The minimum Gasteiger partial charge on any atom is -0.493 e. The maximum atomic E-state index is 12.6. The normalized spacial score (nSPS) is 10.7. The van der Waals surface area contributed by atoms with Crippen molar-refractivity contribution < 1.29 is 14.3 Å². The van der Waals surface area contributed by atoms with Crippen LogP contribution in [0, 0.1) is 6.92 Å². The molecule has 1 amide bonds. The van der Waals surface area contributed by atoms with Gasteiger partial charge in [0.1, 0.15) is 6.61 Å². The fraction of sp³-hybridized carbons (Fsp3) is 0.348. The smallest absolute Gasteiger partial charge is 0.234 e. The number of rotatable bonds is 10. The van der Waals surface area contributed by atoms with Crippen LogP contribution in [0.2, 0.25) is 0 Å². The van der Waals surface area contributed by atoms with Crippen molar-refractivity contribution in [3.8, 4) is 11.5 Å². The highest BCUT2D eigenvalue weighted by atomic mass is 32.2. The first-order valence-corrected chi connectivity index (χ1v) is 11.2. The number of aromatic nitrogens is 3. The molecule has 0 aliphatic carbocycles. The molecule has 0 saturated carbocycles. The lowest BCUT2D eigenvalue weighted by atomic mass is 10.1. The molecule has 3 rings (SSSR count). The molecule has 0 saturated heterocycles. The van der Waals surface area contributed by atoms with Gasteiger partial charge in [0.2, 0.25) is 5.91 Å². The Morgan fingerprint density at radius 2 is 1.87 bits per heavy atom. The lowest BCUT2D eigenvalue weighted by molar-refractivity contribution is -0.113. The largest absolute Gasteiger partial charge is 0.493 e. The summed E-state index contributed by atoms with van der Waals surface area (Å²) in [4.78, 5) is 12.6. The predicted octanol–water partition coefficient (Wildman–Crippen LogP) is 4.49. The van der Waals surface area contributed by atoms with Gasteiger partial charge >= 0.3 is 0 Å². The molecule has 164 valence electrons. The Balaban J connectivity index is 1.63. The van der Waals surface area contributed by atoms with Crippen molar-refractivity contribution in [2.24, 2.45) is 0 Å². The van der Waals surface area contributed by atoms with Gasteiger partial charge in [0, 0.05) is 12.2 Å². The maximum absolute atomic E-state index is 12.6. The van der Waals surface area contributed by atoms with Crippen LogP contribution in [0.15, 0.2) is 47.6 Å². The predicted molar refractivity (Wildman–Crippen MR) is 123 cm³/mol. The van der Waals surface area contributed by atoms with Crippen LogP contribution in [0.4, 0.5) is 5.69 Å². The Labute approximate surface area is 187 Å². The van der Waals surface area contributed by atoms with Crippen molar-refractivity contribution >= 4 is 23.4 Å². The molecule has 1 heterocycles. The molecule has 1 aromatic heterocycles. The van der Waals surface area contributed by atoms with E-state index in [2.05, 4.69) is 22.4 Å². The summed E-state index contributed by atoms with van der Waals surface area (Å²) < 4.78 is 13.2. The van der Waals surface area contributed by atoms with Gasteiger partial charge in [-0.25, -0.2) is 0 Å². The molecule has 3 aromatic rings. The van der Waals surface area contributed by atoms with E-state index in [9.17, 15) is 4.79 Å². The summed E-state index contributed by atoms with van der Waals surface area (Å²) in [5, 5.41) is 12.3. The van der Waals surface area contributed by atoms with E-state index in [0.29, 0.717) is 29.0 Å². The standard InChI is InChI=1S/C23H28N4O3S/c1-5-17-11-9-10-16(3)22(17)24-21(28)15-31-23-26-25-20(27(23)6-2)14-30-19-13-8-7-12-18(19)29-4/h7-13H,5-6,14-15H2,1-4H3,(H,24,28). The Hall–Kier alpha value is -3.00. The quantitative estimate of drug-likeness (QED) is 0.468. The fourth-order valence-electron chi connectivity index (χ4n) is 3.24. The van der Waals surface area contributed by atoms with E-state index in [1.165, 1.54) is 11.8 Å². The second kappa shape index (κ2) is 10.9. The summed E-state index contributed by atoms with van der Waals surface area (Å²) in [6.45, 7) is 7.04. The molecule has 8 heteroatoms. The van der Waals surface area contributed by atoms with Crippen molar-refractivity contribution in [1.82, 2.24) is 14.8 Å².